The van der Waals surface area contributed by atoms with E-state index >= 15 is 0 Å². The number of carbonyl (C=O) groups excluding carboxylic acids is 1. The van der Waals surface area contributed by atoms with Crippen molar-refractivity contribution >= 4 is 21.6 Å². The second-order valence-corrected chi connectivity index (χ2v) is 8.95. The van der Waals surface area contributed by atoms with Gasteiger partial charge in [0.05, 0.1) is 16.7 Å². The van der Waals surface area contributed by atoms with Gasteiger partial charge in [0.25, 0.3) is 10.0 Å². The summed E-state index contributed by atoms with van der Waals surface area (Å²) in [5.74, 6) is -0.0905. The van der Waals surface area contributed by atoms with E-state index in [1.807, 2.05) is 19.1 Å². The van der Waals surface area contributed by atoms with E-state index in [9.17, 15) is 18.3 Å². The van der Waals surface area contributed by atoms with Crippen LogP contribution in [0.2, 0.25) is 0 Å². The lowest BCUT2D eigenvalue weighted by Gasteiger charge is -2.31. The Labute approximate surface area is 166 Å². The second-order valence-electron chi connectivity index (χ2n) is 7.09. The van der Waals surface area contributed by atoms with E-state index in [-0.39, 0.29) is 29.9 Å². The van der Waals surface area contributed by atoms with Gasteiger partial charge in [0, 0.05) is 26.1 Å². The number of amides is 1. The third kappa shape index (κ3) is 4.72. The van der Waals surface area contributed by atoms with Crippen LogP contribution in [-0.4, -0.2) is 50.1 Å². The van der Waals surface area contributed by atoms with Crippen molar-refractivity contribution in [2.24, 2.45) is 0 Å². The summed E-state index contributed by atoms with van der Waals surface area (Å²) in [5, 5.41) is 9.61. The van der Waals surface area contributed by atoms with Crippen LogP contribution in [-0.2, 0) is 14.8 Å². The fraction of sp³-hybridized carbons (Fsp3) is 0.381. The van der Waals surface area contributed by atoms with Gasteiger partial charge in [0.15, 0.2) is 0 Å². The van der Waals surface area contributed by atoms with Crippen LogP contribution in [0.3, 0.4) is 0 Å². The Hall–Kier alpha value is -2.38. The number of hydrogen-bond donors (Lipinski definition) is 1. The topological polar surface area (TPSA) is 77.9 Å². The number of rotatable bonds is 6. The van der Waals surface area contributed by atoms with Crippen LogP contribution in [0.4, 0.5) is 5.69 Å². The summed E-state index contributed by atoms with van der Waals surface area (Å²) in [6.07, 6.45) is 0.869. The van der Waals surface area contributed by atoms with Crippen LogP contribution in [0.5, 0.6) is 0 Å². The molecule has 1 amide bonds. The van der Waals surface area contributed by atoms with E-state index in [1.54, 1.807) is 47.4 Å². The van der Waals surface area contributed by atoms with Crippen LogP contribution in [0.1, 0.15) is 24.8 Å². The summed E-state index contributed by atoms with van der Waals surface area (Å²) in [6.45, 7) is 3.03. The fourth-order valence-electron chi connectivity index (χ4n) is 3.29. The molecule has 0 radical (unpaired) electrons. The number of sulfonamides is 1. The lowest BCUT2D eigenvalue weighted by molar-refractivity contribution is -0.132. The monoisotopic (exact) mass is 402 g/mol. The van der Waals surface area contributed by atoms with Gasteiger partial charge in [-0.25, -0.2) is 8.42 Å². The van der Waals surface area contributed by atoms with Crippen molar-refractivity contribution in [3.05, 3.63) is 60.2 Å². The first-order chi connectivity index (χ1) is 13.4. The maximum Gasteiger partial charge on any atom is 0.264 e. The molecule has 0 bridgehead atoms. The minimum atomic E-state index is -3.78. The maximum absolute atomic E-state index is 13.2. The van der Waals surface area contributed by atoms with Crippen LogP contribution in [0.15, 0.2) is 59.5 Å². The zero-order chi connectivity index (χ0) is 20.1. The first kappa shape index (κ1) is 20.4. The molecule has 0 atom stereocenters. The summed E-state index contributed by atoms with van der Waals surface area (Å²) < 4.78 is 27.7. The van der Waals surface area contributed by atoms with Gasteiger partial charge in [-0.1, -0.05) is 35.9 Å². The summed E-state index contributed by atoms with van der Waals surface area (Å²) in [4.78, 5) is 14.5. The molecule has 2 aromatic carbocycles. The molecule has 1 N–H and O–H groups in total. The van der Waals surface area contributed by atoms with Crippen molar-refractivity contribution in [1.82, 2.24) is 4.90 Å². The molecule has 1 saturated heterocycles. The molecular weight excluding hydrogens is 376 g/mol. The highest BCUT2D eigenvalue weighted by molar-refractivity contribution is 7.92. The molecule has 0 aromatic heterocycles. The average Bonchev–Trinajstić information content (AvgIpc) is 2.70. The SMILES string of the molecule is Cc1ccc(N(CCC(=O)N2CCC(O)CC2)S(=O)(=O)c2ccccc2)cc1. The Kier molecular flexibility index (Phi) is 6.36. The number of nitrogens with zero attached hydrogens (tertiary/aromatic N) is 2. The molecule has 1 aliphatic rings. The van der Waals surface area contributed by atoms with Gasteiger partial charge in [-0.2, -0.15) is 0 Å². The van der Waals surface area contributed by atoms with E-state index in [4.69, 9.17) is 0 Å². The van der Waals surface area contributed by atoms with Crippen molar-refractivity contribution in [2.75, 3.05) is 23.9 Å². The standard InChI is InChI=1S/C21H26N2O4S/c1-17-7-9-18(10-8-17)23(28(26,27)20-5-3-2-4-6-20)16-13-21(25)22-14-11-19(24)12-15-22/h2-10,19,24H,11-16H2,1H3. The van der Waals surface area contributed by atoms with Crippen molar-refractivity contribution < 1.29 is 18.3 Å². The number of aliphatic hydroxyl groups is 1. The number of aliphatic hydroxyl groups excluding tert-OH is 1. The minimum Gasteiger partial charge on any atom is -0.393 e. The first-order valence-electron chi connectivity index (χ1n) is 9.48. The predicted octanol–water partition coefficient (Wildman–Crippen LogP) is 2.56. The smallest absolute Gasteiger partial charge is 0.264 e. The van der Waals surface area contributed by atoms with Gasteiger partial charge in [0.1, 0.15) is 0 Å². The average molecular weight is 403 g/mol. The first-order valence-corrected chi connectivity index (χ1v) is 10.9. The van der Waals surface area contributed by atoms with E-state index in [2.05, 4.69) is 0 Å². The van der Waals surface area contributed by atoms with E-state index in [1.165, 1.54) is 4.31 Å². The third-order valence-corrected chi connectivity index (χ3v) is 6.84. The van der Waals surface area contributed by atoms with Gasteiger partial charge in [-0.15, -0.1) is 0 Å². The van der Waals surface area contributed by atoms with Gasteiger partial charge >= 0.3 is 0 Å². The lowest BCUT2D eigenvalue weighted by atomic mass is 10.1. The zero-order valence-electron chi connectivity index (χ0n) is 16.0. The molecule has 3 rings (SSSR count). The quantitative estimate of drug-likeness (QED) is 0.806. The minimum absolute atomic E-state index is 0.0676. The number of carbonyl (C=O) groups is 1. The Balaban J connectivity index is 1.81. The highest BCUT2D eigenvalue weighted by Gasteiger charge is 2.27. The molecule has 28 heavy (non-hydrogen) atoms. The molecule has 2 aromatic rings. The molecule has 7 heteroatoms. The molecule has 0 unspecified atom stereocenters. The normalized spacial score (nSPS) is 15.4. The van der Waals surface area contributed by atoms with Gasteiger partial charge in [0.2, 0.25) is 5.91 Å². The molecular formula is C21H26N2O4S. The van der Waals surface area contributed by atoms with Crippen LogP contribution in [0.25, 0.3) is 0 Å². The van der Waals surface area contributed by atoms with Crippen molar-refractivity contribution in [2.45, 2.75) is 37.2 Å². The molecule has 1 aliphatic heterocycles. The summed E-state index contributed by atoms with van der Waals surface area (Å²) in [5.41, 5.74) is 1.57. The molecule has 6 nitrogen and oxygen atoms in total. The zero-order valence-corrected chi connectivity index (χ0v) is 16.8. The maximum atomic E-state index is 13.2. The summed E-state index contributed by atoms with van der Waals surface area (Å²) >= 11 is 0. The van der Waals surface area contributed by atoms with Gasteiger partial charge in [-0.3, -0.25) is 9.10 Å². The fourth-order valence-corrected chi connectivity index (χ4v) is 4.78. The molecule has 1 heterocycles. The van der Waals surface area contributed by atoms with Crippen LogP contribution >= 0.6 is 0 Å². The summed E-state index contributed by atoms with van der Waals surface area (Å²) in [6, 6.07) is 15.5. The third-order valence-electron chi connectivity index (χ3n) is 5.00. The van der Waals surface area contributed by atoms with E-state index < -0.39 is 10.0 Å². The van der Waals surface area contributed by atoms with Crippen LogP contribution in [0, 0.1) is 6.92 Å². The van der Waals surface area contributed by atoms with Crippen molar-refractivity contribution in [3.8, 4) is 0 Å². The molecule has 1 fully saturated rings. The number of anilines is 1. The van der Waals surface area contributed by atoms with Gasteiger partial charge in [-0.05, 0) is 44.0 Å². The Morgan fingerprint density at radius 2 is 1.68 bits per heavy atom. The predicted molar refractivity (Wildman–Crippen MR) is 109 cm³/mol. The largest absolute Gasteiger partial charge is 0.393 e. The summed E-state index contributed by atoms with van der Waals surface area (Å²) in [7, 11) is -3.78. The Morgan fingerprint density at radius 3 is 2.29 bits per heavy atom. The highest BCUT2D eigenvalue weighted by atomic mass is 32.2. The number of likely N-dealkylation sites (tertiary alicyclic amines) is 1. The molecule has 0 aliphatic carbocycles. The van der Waals surface area contributed by atoms with Gasteiger partial charge < -0.3 is 10.0 Å². The van der Waals surface area contributed by atoms with E-state index in [0.29, 0.717) is 31.6 Å². The molecule has 150 valence electrons. The highest BCUT2D eigenvalue weighted by Crippen LogP contribution is 2.24. The van der Waals surface area contributed by atoms with Crippen molar-refractivity contribution in [1.29, 1.82) is 0 Å². The molecule has 0 saturated carbocycles. The molecule has 0 spiro atoms. The number of hydrogen-bond acceptors (Lipinski definition) is 4. The number of aryl methyl sites for hydroxylation is 1. The number of benzene rings is 2. The number of piperidine rings is 1. The van der Waals surface area contributed by atoms with E-state index in [0.717, 1.165) is 5.56 Å². The lowest BCUT2D eigenvalue weighted by Crippen LogP contribution is -2.42. The van der Waals surface area contributed by atoms with Crippen LogP contribution < -0.4 is 4.31 Å². The Morgan fingerprint density at radius 1 is 1.07 bits per heavy atom. The second kappa shape index (κ2) is 8.75. The van der Waals surface area contributed by atoms with Crippen molar-refractivity contribution in [3.63, 3.8) is 0 Å². The Bertz CT molecular complexity index is 890.